The molecule has 4 heterocycles. The SMILES string of the molecule is COC(=O)C1=CO[C@@H](C)[C@@]2(C)CN3CCC4C5CCCCC5NC4C3C[C@H]12. The van der Waals surface area contributed by atoms with E-state index in [4.69, 9.17) is 9.47 Å². The van der Waals surface area contributed by atoms with Crippen molar-refractivity contribution in [2.75, 3.05) is 20.2 Å². The van der Waals surface area contributed by atoms with Crippen LogP contribution >= 0.6 is 0 Å². The Morgan fingerprint density at radius 1 is 1.30 bits per heavy atom. The van der Waals surface area contributed by atoms with E-state index in [0.717, 1.165) is 36.4 Å². The molecule has 5 aliphatic rings. The molecule has 0 spiro atoms. The minimum absolute atomic E-state index is 0.0347. The van der Waals surface area contributed by atoms with E-state index in [2.05, 4.69) is 24.1 Å². The molecular formula is C22H34N2O3. The van der Waals surface area contributed by atoms with Gasteiger partial charge in [0.05, 0.1) is 18.9 Å². The molecule has 0 bridgehead atoms. The third kappa shape index (κ3) is 2.61. The Hall–Kier alpha value is -1.07. The average molecular weight is 375 g/mol. The highest BCUT2D eigenvalue weighted by Gasteiger charge is 2.58. The van der Waals surface area contributed by atoms with E-state index in [1.807, 2.05) is 0 Å². The lowest BCUT2D eigenvalue weighted by Gasteiger charge is -2.57. The summed E-state index contributed by atoms with van der Waals surface area (Å²) in [7, 11) is 1.48. The van der Waals surface area contributed by atoms with Gasteiger partial charge in [-0.2, -0.15) is 0 Å². The van der Waals surface area contributed by atoms with Crippen molar-refractivity contribution in [3.05, 3.63) is 11.8 Å². The van der Waals surface area contributed by atoms with Gasteiger partial charge in [0.15, 0.2) is 0 Å². The summed E-state index contributed by atoms with van der Waals surface area (Å²) in [6.07, 6.45) is 9.73. The van der Waals surface area contributed by atoms with Crippen LogP contribution in [0.2, 0.25) is 0 Å². The molecule has 5 heteroatoms. The summed E-state index contributed by atoms with van der Waals surface area (Å²) >= 11 is 0. The standard InChI is InChI=1S/C22H34N2O3/c1-13-22(2)12-24-9-8-15-14-6-4-5-7-18(14)23-20(15)19(24)10-17(22)16(11-27-13)21(25)26-3/h11,13-15,17-20,23H,4-10,12H2,1-3H3/t13-,14?,15?,17+,18?,19?,20?,22+/m0/s1. The lowest BCUT2D eigenvalue weighted by molar-refractivity contribution is -0.144. The number of nitrogens with one attached hydrogen (secondary N) is 1. The number of esters is 1. The number of hydrogen-bond donors (Lipinski definition) is 1. The summed E-state index contributed by atoms with van der Waals surface area (Å²) in [6.45, 7) is 6.68. The second kappa shape index (κ2) is 6.48. The van der Waals surface area contributed by atoms with Crippen molar-refractivity contribution >= 4 is 5.97 Å². The number of methoxy groups -OCH3 is 1. The van der Waals surface area contributed by atoms with Crippen LogP contribution in [0.15, 0.2) is 11.8 Å². The molecular weight excluding hydrogens is 340 g/mol. The predicted molar refractivity (Wildman–Crippen MR) is 103 cm³/mol. The van der Waals surface area contributed by atoms with Crippen LogP contribution in [0.1, 0.15) is 52.4 Å². The summed E-state index contributed by atoms with van der Waals surface area (Å²) in [6, 6.07) is 1.85. The van der Waals surface area contributed by atoms with E-state index in [9.17, 15) is 4.79 Å². The molecule has 4 aliphatic heterocycles. The molecule has 4 fully saturated rings. The van der Waals surface area contributed by atoms with E-state index in [-0.39, 0.29) is 23.4 Å². The molecule has 3 saturated heterocycles. The van der Waals surface area contributed by atoms with Crippen molar-refractivity contribution in [3.8, 4) is 0 Å². The first-order valence-corrected chi connectivity index (χ1v) is 11.0. The van der Waals surface area contributed by atoms with Crippen molar-refractivity contribution in [3.63, 3.8) is 0 Å². The molecule has 8 atom stereocenters. The van der Waals surface area contributed by atoms with Gasteiger partial charge in [0.2, 0.25) is 0 Å². The lowest BCUT2D eigenvalue weighted by atomic mass is 9.61. The lowest BCUT2D eigenvalue weighted by Crippen LogP contribution is -2.65. The molecule has 0 aromatic rings. The third-order valence-corrected chi connectivity index (χ3v) is 8.81. The molecule has 1 saturated carbocycles. The number of fused-ring (bicyclic) bond motifs is 6. The van der Waals surface area contributed by atoms with Gasteiger partial charge < -0.3 is 14.8 Å². The molecule has 5 nitrogen and oxygen atoms in total. The largest absolute Gasteiger partial charge is 0.497 e. The molecule has 1 aliphatic carbocycles. The number of ether oxygens (including phenoxy) is 2. The fourth-order valence-corrected chi connectivity index (χ4v) is 7.18. The summed E-state index contributed by atoms with van der Waals surface area (Å²) in [5.74, 6) is 1.71. The Labute approximate surface area is 162 Å². The Balaban J connectivity index is 1.44. The highest BCUT2D eigenvalue weighted by molar-refractivity contribution is 5.89. The zero-order valence-electron chi connectivity index (χ0n) is 16.9. The molecule has 0 aromatic heterocycles. The van der Waals surface area contributed by atoms with Gasteiger partial charge in [-0.3, -0.25) is 4.90 Å². The van der Waals surface area contributed by atoms with Crippen molar-refractivity contribution in [1.29, 1.82) is 0 Å². The molecule has 5 unspecified atom stereocenters. The first-order valence-electron chi connectivity index (χ1n) is 11.0. The normalized spacial score (nSPS) is 49.0. The molecule has 0 radical (unpaired) electrons. The summed E-state index contributed by atoms with van der Waals surface area (Å²) in [5.41, 5.74) is 0.711. The molecule has 150 valence electrons. The maximum absolute atomic E-state index is 12.5. The van der Waals surface area contributed by atoms with Crippen LogP contribution in [0.4, 0.5) is 0 Å². The fraction of sp³-hybridized carbons (Fsp3) is 0.864. The molecule has 1 N–H and O–H groups in total. The van der Waals surface area contributed by atoms with Crippen LogP contribution in [0.25, 0.3) is 0 Å². The predicted octanol–water partition coefficient (Wildman–Crippen LogP) is 2.71. The monoisotopic (exact) mass is 374 g/mol. The Morgan fingerprint density at radius 2 is 2.11 bits per heavy atom. The highest BCUT2D eigenvalue weighted by Crippen LogP contribution is 2.52. The Bertz CT molecular complexity index is 649. The second-order valence-electron chi connectivity index (χ2n) is 9.87. The molecule has 27 heavy (non-hydrogen) atoms. The molecule has 5 rings (SSSR count). The van der Waals surface area contributed by atoms with Crippen molar-refractivity contribution in [1.82, 2.24) is 10.2 Å². The summed E-state index contributed by atoms with van der Waals surface area (Å²) in [4.78, 5) is 15.2. The van der Waals surface area contributed by atoms with Gasteiger partial charge >= 0.3 is 5.97 Å². The van der Waals surface area contributed by atoms with Crippen LogP contribution < -0.4 is 5.32 Å². The van der Waals surface area contributed by atoms with Gasteiger partial charge in [-0.1, -0.05) is 19.8 Å². The van der Waals surface area contributed by atoms with Crippen molar-refractivity contribution in [2.24, 2.45) is 23.2 Å². The quantitative estimate of drug-likeness (QED) is 0.715. The molecule has 0 amide bonds. The van der Waals surface area contributed by atoms with E-state index >= 15 is 0 Å². The van der Waals surface area contributed by atoms with E-state index < -0.39 is 0 Å². The topological polar surface area (TPSA) is 50.8 Å². The Morgan fingerprint density at radius 3 is 2.93 bits per heavy atom. The van der Waals surface area contributed by atoms with E-state index in [0.29, 0.717) is 12.1 Å². The number of nitrogens with zero attached hydrogens (tertiary/aromatic N) is 1. The number of carbonyl (C=O) groups is 1. The number of carbonyl (C=O) groups excluding carboxylic acids is 1. The first-order chi connectivity index (χ1) is 13.0. The zero-order valence-corrected chi connectivity index (χ0v) is 16.9. The average Bonchev–Trinajstić information content (AvgIpc) is 3.06. The van der Waals surface area contributed by atoms with Crippen molar-refractivity contribution < 1.29 is 14.3 Å². The fourth-order valence-electron chi connectivity index (χ4n) is 7.18. The van der Waals surface area contributed by atoms with Crippen LogP contribution in [0.3, 0.4) is 0 Å². The smallest absolute Gasteiger partial charge is 0.337 e. The highest BCUT2D eigenvalue weighted by atomic mass is 16.5. The third-order valence-electron chi connectivity index (χ3n) is 8.81. The maximum atomic E-state index is 12.5. The summed E-state index contributed by atoms with van der Waals surface area (Å²) in [5, 5.41) is 4.06. The molecule has 0 aromatic carbocycles. The van der Waals surface area contributed by atoms with Crippen molar-refractivity contribution in [2.45, 2.75) is 76.6 Å². The van der Waals surface area contributed by atoms with Gasteiger partial charge in [0.1, 0.15) is 6.10 Å². The van der Waals surface area contributed by atoms with Gasteiger partial charge in [-0.15, -0.1) is 0 Å². The van der Waals surface area contributed by atoms with Crippen LogP contribution in [0.5, 0.6) is 0 Å². The van der Waals surface area contributed by atoms with Gasteiger partial charge in [-0.25, -0.2) is 4.79 Å². The van der Waals surface area contributed by atoms with Gasteiger partial charge in [-0.05, 0) is 51.0 Å². The summed E-state index contributed by atoms with van der Waals surface area (Å²) < 4.78 is 11.0. The van der Waals surface area contributed by atoms with Gasteiger partial charge in [0.25, 0.3) is 0 Å². The number of hydrogen-bond acceptors (Lipinski definition) is 5. The second-order valence-corrected chi connectivity index (χ2v) is 9.87. The number of piperidine rings is 2. The van der Waals surface area contributed by atoms with E-state index in [1.165, 1.54) is 45.8 Å². The van der Waals surface area contributed by atoms with E-state index in [1.54, 1.807) is 6.26 Å². The van der Waals surface area contributed by atoms with Crippen LogP contribution in [-0.4, -0.2) is 55.3 Å². The Kier molecular flexibility index (Phi) is 4.32. The van der Waals surface area contributed by atoms with Crippen LogP contribution in [-0.2, 0) is 14.3 Å². The minimum atomic E-state index is -0.216. The minimum Gasteiger partial charge on any atom is -0.497 e. The first kappa shape index (κ1) is 18.0. The number of rotatable bonds is 1. The maximum Gasteiger partial charge on any atom is 0.337 e. The zero-order chi connectivity index (χ0) is 18.8. The van der Waals surface area contributed by atoms with Crippen LogP contribution in [0, 0.1) is 23.2 Å². The van der Waals surface area contributed by atoms with Gasteiger partial charge in [0, 0.05) is 36.0 Å².